The van der Waals surface area contributed by atoms with Crippen molar-refractivity contribution in [3.05, 3.63) is 64.9 Å². The lowest BCUT2D eigenvalue weighted by atomic mass is 10.0. The molecule has 0 bridgehead atoms. The van der Waals surface area contributed by atoms with Gasteiger partial charge >= 0.3 is 0 Å². The van der Waals surface area contributed by atoms with Gasteiger partial charge in [-0.2, -0.15) is 5.10 Å². The maximum atomic E-state index is 13.0. The molecule has 1 atom stereocenters. The average Bonchev–Trinajstić information content (AvgIpc) is 3.39. The van der Waals surface area contributed by atoms with Crippen LogP contribution in [0.5, 0.6) is 5.75 Å². The van der Waals surface area contributed by atoms with Crippen LogP contribution in [-0.4, -0.2) is 45.3 Å². The number of ether oxygens (including phenoxy) is 1. The van der Waals surface area contributed by atoms with Crippen LogP contribution in [0.15, 0.2) is 54.6 Å². The summed E-state index contributed by atoms with van der Waals surface area (Å²) in [6.07, 6.45) is 3.44. The van der Waals surface area contributed by atoms with Gasteiger partial charge in [0.05, 0.1) is 7.11 Å². The fourth-order valence-corrected chi connectivity index (χ4v) is 4.32. The molecule has 0 radical (unpaired) electrons. The van der Waals surface area contributed by atoms with Crippen molar-refractivity contribution in [2.24, 2.45) is 0 Å². The number of nitrogens with one attached hydrogen (secondary N) is 1. The van der Waals surface area contributed by atoms with Crippen LogP contribution >= 0.6 is 12.2 Å². The van der Waals surface area contributed by atoms with Crippen molar-refractivity contribution in [3.63, 3.8) is 0 Å². The smallest absolute Gasteiger partial charge is 0.224 e. The third-order valence-corrected chi connectivity index (χ3v) is 5.98. The van der Waals surface area contributed by atoms with E-state index in [0.29, 0.717) is 17.7 Å². The van der Waals surface area contributed by atoms with Gasteiger partial charge in [-0.3, -0.25) is 14.5 Å². The highest BCUT2D eigenvalue weighted by Crippen LogP contribution is 2.24. The van der Waals surface area contributed by atoms with Gasteiger partial charge in [-0.05, 0) is 61.3 Å². The monoisotopic (exact) mass is 422 g/mol. The first-order valence-electron chi connectivity index (χ1n) is 10.3. The number of hydrogen-bond acceptors (Lipinski definition) is 4. The summed E-state index contributed by atoms with van der Waals surface area (Å²) in [5.41, 5.74) is 2.21. The summed E-state index contributed by atoms with van der Waals surface area (Å²) in [7, 11) is 1.64. The minimum absolute atomic E-state index is 0.178. The van der Waals surface area contributed by atoms with Gasteiger partial charge in [-0.25, -0.2) is 0 Å². The van der Waals surface area contributed by atoms with Crippen LogP contribution < -0.4 is 4.74 Å². The van der Waals surface area contributed by atoms with Gasteiger partial charge in [0.2, 0.25) is 5.91 Å². The van der Waals surface area contributed by atoms with Crippen molar-refractivity contribution < 1.29 is 9.53 Å². The summed E-state index contributed by atoms with van der Waals surface area (Å²) >= 11 is 5.41. The molecule has 2 aromatic carbocycles. The van der Waals surface area contributed by atoms with Crippen LogP contribution in [0.25, 0.3) is 11.4 Å². The number of aromatic amines is 1. The van der Waals surface area contributed by atoms with E-state index in [0.717, 1.165) is 42.9 Å². The Bertz CT molecular complexity index is 1040. The van der Waals surface area contributed by atoms with Crippen molar-refractivity contribution in [1.82, 2.24) is 19.7 Å². The topological polar surface area (TPSA) is 63.1 Å². The Hall–Kier alpha value is -2.93. The first kappa shape index (κ1) is 20.3. The van der Waals surface area contributed by atoms with E-state index in [2.05, 4.69) is 34.5 Å². The van der Waals surface area contributed by atoms with Crippen LogP contribution in [-0.2, 0) is 17.8 Å². The number of rotatable bonds is 7. The normalized spacial score (nSPS) is 16.0. The Morgan fingerprint density at radius 3 is 2.70 bits per heavy atom. The molecule has 0 saturated carbocycles. The van der Waals surface area contributed by atoms with Crippen LogP contribution in [0.2, 0.25) is 0 Å². The zero-order valence-corrected chi connectivity index (χ0v) is 17.9. The number of nitrogens with zero attached hydrogens (tertiary/aromatic N) is 3. The number of benzene rings is 2. The highest BCUT2D eigenvalue weighted by atomic mass is 32.1. The van der Waals surface area contributed by atoms with Crippen molar-refractivity contribution in [2.45, 2.75) is 38.3 Å². The largest absolute Gasteiger partial charge is 0.497 e. The highest BCUT2D eigenvalue weighted by Gasteiger charge is 2.28. The van der Waals surface area contributed by atoms with Gasteiger partial charge < -0.3 is 9.64 Å². The van der Waals surface area contributed by atoms with E-state index in [9.17, 15) is 4.79 Å². The van der Waals surface area contributed by atoms with Gasteiger partial charge in [0.1, 0.15) is 5.75 Å². The number of carbonyl (C=O) groups is 1. The quantitative estimate of drug-likeness (QED) is 0.579. The van der Waals surface area contributed by atoms with Gasteiger partial charge in [-0.1, -0.05) is 30.3 Å². The predicted molar refractivity (Wildman–Crippen MR) is 119 cm³/mol. The fourth-order valence-electron chi connectivity index (χ4n) is 4.10. The summed E-state index contributed by atoms with van der Waals surface area (Å²) in [5, 5.41) is 7.23. The van der Waals surface area contributed by atoms with Crippen LogP contribution in [0.1, 0.15) is 24.8 Å². The van der Waals surface area contributed by atoms with Crippen molar-refractivity contribution in [3.8, 4) is 17.1 Å². The number of aromatic nitrogens is 3. The lowest BCUT2D eigenvalue weighted by Gasteiger charge is -2.25. The number of H-pyrrole nitrogens is 1. The molecule has 156 valence electrons. The van der Waals surface area contributed by atoms with Gasteiger partial charge in [0.25, 0.3) is 0 Å². The zero-order chi connectivity index (χ0) is 20.9. The molecule has 1 aliphatic rings. The highest BCUT2D eigenvalue weighted by molar-refractivity contribution is 7.71. The van der Waals surface area contributed by atoms with Crippen molar-refractivity contribution in [1.29, 1.82) is 0 Å². The molecule has 0 spiro atoms. The molecule has 1 amide bonds. The minimum atomic E-state index is 0.178. The summed E-state index contributed by atoms with van der Waals surface area (Å²) in [6.45, 7) is 1.34. The Morgan fingerprint density at radius 2 is 1.97 bits per heavy atom. The number of likely N-dealkylation sites (tertiary alicyclic amines) is 1. The van der Waals surface area contributed by atoms with Gasteiger partial charge in [-0.15, -0.1) is 0 Å². The molecule has 1 fully saturated rings. The average molecular weight is 423 g/mol. The molecule has 1 unspecified atom stereocenters. The predicted octanol–water partition coefficient (Wildman–Crippen LogP) is 4.24. The molecule has 2 heterocycles. The molecule has 6 nitrogen and oxygen atoms in total. The van der Waals surface area contributed by atoms with Crippen molar-refractivity contribution in [2.75, 3.05) is 13.7 Å². The van der Waals surface area contributed by atoms with E-state index in [4.69, 9.17) is 17.0 Å². The molecule has 1 N–H and O–H groups in total. The molecule has 7 heteroatoms. The molecule has 3 aromatic rings. The second-order valence-corrected chi connectivity index (χ2v) is 7.94. The number of methoxy groups -OCH3 is 1. The Kier molecular flexibility index (Phi) is 6.28. The first-order valence-corrected chi connectivity index (χ1v) is 10.7. The molecular formula is C23H26N4O2S. The maximum absolute atomic E-state index is 13.0. The summed E-state index contributed by atoms with van der Waals surface area (Å²) in [5.74, 6) is 1.70. The molecule has 4 rings (SSSR count). The van der Waals surface area contributed by atoms with Crippen LogP contribution in [0.4, 0.5) is 0 Å². The van der Waals surface area contributed by atoms with Crippen LogP contribution in [0.3, 0.4) is 0 Å². The summed E-state index contributed by atoms with van der Waals surface area (Å²) in [4.78, 5) is 15.1. The Labute approximate surface area is 181 Å². The van der Waals surface area contributed by atoms with Gasteiger partial charge in [0, 0.05) is 31.1 Å². The van der Waals surface area contributed by atoms with E-state index in [-0.39, 0.29) is 11.9 Å². The molecule has 30 heavy (non-hydrogen) atoms. The zero-order valence-electron chi connectivity index (χ0n) is 17.1. The van der Waals surface area contributed by atoms with E-state index in [1.54, 1.807) is 7.11 Å². The molecule has 1 aromatic heterocycles. The molecule has 1 saturated heterocycles. The Balaban J connectivity index is 1.43. The van der Waals surface area contributed by atoms with E-state index >= 15 is 0 Å². The molecule has 0 aliphatic carbocycles. The first-order chi connectivity index (χ1) is 14.7. The fraction of sp³-hybridized carbons (Fsp3) is 0.348. The third kappa shape index (κ3) is 4.46. The standard InChI is InChI=1S/C23H26N4O2S/c1-29-20-11-9-18(10-12-20)22-24-25-23(30)27(22)15-13-21(28)26-14-5-8-19(26)16-17-6-3-2-4-7-17/h2-4,6-7,9-12,19H,5,8,13-16H2,1H3,(H,25,30). The minimum Gasteiger partial charge on any atom is -0.497 e. The van der Waals surface area contributed by atoms with Crippen molar-refractivity contribution >= 4 is 18.1 Å². The van der Waals surface area contributed by atoms with E-state index < -0.39 is 0 Å². The van der Waals surface area contributed by atoms with Crippen LogP contribution in [0, 0.1) is 4.77 Å². The maximum Gasteiger partial charge on any atom is 0.224 e. The van der Waals surface area contributed by atoms with Gasteiger partial charge in [0.15, 0.2) is 10.6 Å². The van der Waals surface area contributed by atoms with E-state index in [1.807, 2.05) is 39.8 Å². The number of carbonyl (C=O) groups excluding carboxylic acids is 1. The van der Waals surface area contributed by atoms with E-state index in [1.165, 1.54) is 5.56 Å². The summed E-state index contributed by atoms with van der Waals surface area (Å²) < 4.78 is 7.65. The lowest BCUT2D eigenvalue weighted by Crippen LogP contribution is -2.37. The Morgan fingerprint density at radius 1 is 1.20 bits per heavy atom. The third-order valence-electron chi connectivity index (χ3n) is 5.67. The molecular weight excluding hydrogens is 396 g/mol. The second kappa shape index (κ2) is 9.26. The molecule has 1 aliphatic heterocycles. The summed E-state index contributed by atoms with van der Waals surface area (Å²) in [6, 6.07) is 18.3. The number of hydrogen-bond donors (Lipinski definition) is 1. The number of amides is 1. The lowest BCUT2D eigenvalue weighted by molar-refractivity contribution is -0.132. The SMILES string of the molecule is COc1ccc(-c2n[nH]c(=S)n2CCC(=O)N2CCCC2Cc2ccccc2)cc1. The second-order valence-electron chi connectivity index (χ2n) is 7.56.